The molecule has 0 amide bonds. The van der Waals surface area contributed by atoms with Crippen molar-refractivity contribution in [2.45, 2.75) is 31.6 Å². The molecule has 0 saturated carbocycles. The van der Waals surface area contributed by atoms with Crippen LogP contribution in [0.4, 0.5) is 0 Å². The maximum atomic E-state index is 5.44. The van der Waals surface area contributed by atoms with Gasteiger partial charge < -0.3 is 4.57 Å². The van der Waals surface area contributed by atoms with Gasteiger partial charge in [0.25, 0.3) is 0 Å². The number of alkyl halides is 1. The zero-order chi connectivity index (χ0) is 12.4. The molecule has 0 aliphatic heterocycles. The molecule has 0 bridgehead atoms. The summed E-state index contributed by atoms with van der Waals surface area (Å²) in [5, 5.41) is 0. The molecule has 0 aliphatic carbocycles. The zero-order valence-corrected chi connectivity index (χ0v) is 11.7. The molecule has 88 valence electrons. The number of hydrogen-bond donors (Lipinski definition) is 0. The van der Waals surface area contributed by atoms with Crippen LogP contribution in [0.2, 0.25) is 0 Å². The second-order valence-electron chi connectivity index (χ2n) is 4.13. The van der Waals surface area contributed by atoms with E-state index in [0.717, 1.165) is 23.3 Å². The van der Waals surface area contributed by atoms with E-state index in [0.29, 0.717) is 6.54 Å². The number of hydrogen-bond acceptors (Lipinski definition) is 1. The Hall–Kier alpha value is -1.27. The fourth-order valence-electron chi connectivity index (χ4n) is 1.94. The van der Waals surface area contributed by atoms with Gasteiger partial charge in [-0.1, -0.05) is 34.8 Å². The average molecular weight is 291 g/mol. The summed E-state index contributed by atoms with van der Waals surface area (Å²) in [6.45, 7) is 4.77. The quantitative estimate of drug-likeness (QED) is 0.621. The van der Waals surface area contributed by atoms with Crippen LogP contribution in [0.15, 0.2) is 18.2 Å². The highest BCUT2D eigenvalue weighted by atomic mass is 79.9. The Morgan fingerprint density at radius 2 is 2.29 bits per heavy atom. The molecule has 0 saturated heterocycles. The minimum absolute atomic E-state index is 0.253. The molecule has 2 rings (SSSR count). The molecule has 0 spiro atoms. The Bertz CT molecular complexity index is 578. The number of rotatable bonds is 3. The lowest BCUT2D eigenvalue weighted by molar-refractivity contribution is 0.737. The van der Waals surface area contributed by atoms with Gasteiger partial charge in [0.15, 0.2) is 0 Å². The molecule has 3 heteroatoms. The van der Waals surface area contributed by atoms with E-state index >= 15 is 0 Å². The lowest BCUT2D eigenvalue weighted by Crippen LogP contribution is -2.04. The molecule has 2 aromatic rings. The van der Waals surface area contributed by atoms with Gasteiger partial charge in [0.1, 0.15) is 5.82 Å². The van der Waals surface area contributed by atoms with E-state index in [2.05, 4.69) is 63.4 Å². The van der Waals surface area contributed by atoms with Crippen LogP contribution >= 0.6 is 15.9 Å². The lowest BCUT2D eigenvalue weighted by Gasteiger charge is -2.09. The summed E-state index contributed by atoms with van der Waals surface area (Å²) in [6.07, 6.45) is 6.43. The zero-order valence-electron chi connectivity index (χ0n) is 10.1. The molecule has 1 unspecified atom stereocenters. The van der Waals surface area contributed by atoms with Gasteiger partial charge in [0.05, 0.1) is 22.4 Å². The maximum Gasteiger partial charge on any atom is 0.124 e. The fourth-order valence-corrected chi connectivity index (χ4v) is 2.29. The minimum atomic E-state index is 0.253. The van der Waals surface area contributed by atoms with Crippen molar-refractivity contribution in [3.05, 3.63) is 29.6 Å². The minimum Gasteiger partial charge on any atom is -0.315 e. The van der Waals surface area contributed by atoms with E-state index < -0.39 is 0 Å². The molecule has 17 heavy (non-hydrogen) atoms. The number of aromatic nitrogens is 2. The molecular formula is C14H15BrN2. The van der Waals surface area contributed by atoms with Crippen LogP contribution in [-0.2, 0) is 6.54 Å². The molecule has 0 aliphatic rings. The largest absolute Gasteiger partial charge is 0.315 e. The summed E-state index contributed by atoms with van der Waals surface area (Å²) < 4.78 is 2.11. The summed E-state index contributed by atoms with van der Waals surface area (Å²) in [7, 11) is 0. The summed E-state index contributed by atoms with van der Waals surface area (Å²) in [4.78, 5) is 4.94. The molecule has 1 heterocycles. The smallest absolute Gasteiger partial charge is 0.124 e. The first kappa shape index (κ1) is 12.2. The van der Waals surface area contributed by atoms with Crippen LogP contribution in [0.25, 0.3) is 11.0 Å². The highest BCUT2D eigenvalue weighted by Gasteiger charge is 2.15. The Balaban J connectivity index is 2.66. The van der Waals surface area contributed by atoms with Gasteiger partial charge in [-0.05, 0) is 31.0 Å². The summed E-state index contributed by atoms with van der Waals surface area (Å²) in [6, 6.07) is 6.28. The number of fused-ring (bicyclic) bond motifs is 1. The van der Waals surface area contributed by atoms with E-state index in [1.807, 2.05) is 0 Å². The van der Waals surface area contributed by atoms with Gasteiger partial charge in [0, 0.05) is 0 Å². The number of imidazole rings is 1. The molecule has 0 radical (unpaired) electrons. The first-order chi connectivity index (χ1) is 8.17. The molecule has 1 aromatic carbocycles. The van der Waals surface area contributed by atoms with Crippen LogP contribution in [-0.4, -0.2) is 9.55 Å². The highest BCUT2D eigenvalue weighted by molar-refractivity contribution is 9.09. The Morgan fingerprint density at radius 3 is 2.94 bits per heavy atom. The molecule has 0 fully saturated rings. The van der Waals surface area contributed by atoms with Gasteiger partial charge in [-0.15, -0.1) is 6.42 Å². The van der Waals surface area contributed by atoms with Gasteiger partial charge in [-0.3, -0.25) is 0 Å². The normalized spacial score (nSPS) is 12.6. The third-order valence-corrected chi connectivity index (χ3v) is 3.88. The average Bonchev–Trinajstić information content (AvgIpc) is 2.67. The van der Waals surface area contributed by atoms with Gasteiger partial charge in [-0.2, -0.15) is 0 Å². The maximum absolute atomic E-state index is 5.44. The number of halogens is 1. The van der Waals surface area contributed by atoms with Crippen molar-refractivity contribution in [3.63, 3.8) is 0 Å². The molecule has 0 N–H and O–H groups in total. The lowest BCUT2D eigenvalue weighted by atomic mass is 10.2. The van der Waals surface area contributed by atoms with E-state index in [9.17, 15) is 0 Å². The monoisotopic (exact) mass is 290 g/mol. The van der Waals surface area contributed by atoms with E-state index in [4.69, 9.17) is 6.42 Å². The number of nitrogens with zero attached hydrogens (tertiary/aromatic N) is 2. The topological polar surface area (TPSA) is 17.8 Å². The predicted octanol–water partition coefficient (Wildman–Crippen LogP) is 3.82. The molecule has 2 nitrogen and oxygen atoms in total. The molecule has 1 aromatic heterocycles. The highest BCUT2D eigenvalue weighted by Crippen LogP contribution is 2.29. The predicted molar refractivity (Wildman–Crippen MR) is 75.3 cm³/mol. The first-order valence-corrected chi connectivity index (χ1v) is 6.63. The van der Waals surface area contributed by atoms with Crippen molar-refractivity contribution in [1.29, 1.82) is 0 Å². The number of benzene rings is 1. The SMILES string of the molecule is C#CCn1c(C(Br)CC)nc2cc(C)ccc21. The van der Waals surface area contributed by atoms with E-state index in [1.54, 1.807) is 0 Å². The van der Waals surface area contributed by atoms with Gasteiger partial charge in [-0.25, -0.2) is 4.98 Å². The third kappa shape index (κ3) is 2.23. The van der Waals surface area contributed by atoms with Crippen molar-refractivity contribution >= 4 is 27.0 Å². The summed E-state index contributed by atoms with van der Waals surface area (Å²) in [5.41, 5.74) is 3.35. The molecule has 1 atom stereocenters. The van der Waals surface area contributed by atoms with Crippen molar-refractivity contribution in [3.8, 4) is 12.3 Å². The van der Waals surface area contributed by atoms with Crippen LogP contribution in [0.3, 0.4) is 0 Å². The van der Waals surface area contributed by atoms with Crippen LogP contribution in [0.5, 0.6) is 0 Å². The summed E-state index contributed by atoms with van der Waals surface area (Å²) >= 11 is 3.65. The van der Waals surface area contributed by atoms with Crippen molar-refractivity contribution in [2.24, 2.45) is 0 Å². The first-order valence-electron chi connectivity index (χ1n) is 5.71. The Kier molecular flexibility index (Phi) is 3.54. The molecular weight excluding hydrogens is 276 g/mol. The third-order valence-electron chi connectivity index (χ3n) is 2.82. The van der Waals surface area contributed by atoms with Crippen molar-refractivity contribution in [1.82, 2.24) is 9.55 Å². The second kappa shape index (κ2) is 4.93. The van der Waals surface area contributed by atoms with Crippen molar-refractivity contribution < 1.29 is 0 Å². The van der Waals surface area contributed by atoms with Gasteiger partial charge >= 0.3 is 0 Å². The number of aryl methyl sites for hydroxylation is 1. The standard InChI is InChI=1S/C14H15BrN2/c1-4-8-17-13-7-6-10(3)9-12(13)16-14(17)11(15)5-2/h1,6-7,9,11H,5,8H2,2-3H3. The Morgan fingerprint density at radius 1 is 1.53 bits per heavy atom. The van der Waals surface area contributed by atoms with E-state index in [1.165, 1.54) is 5.56 Å². The van der Waals surface area contributed by atoms with Crippen molar-refractivity contribution in [2.75, 3.05) is 0 Å². The fraction of sp³-hybridized carbons (Fsp3) is 0.357. The van der Waals surface area contributed by atoms with Gasteiger partial charge in [0.2, 0.25) is 0 Å². The van der Waals surface area contributed by atoms with Crippen LogP contribution < -0.4 is 0 Å². The van der Waals surface area contributed by atoms with Crippen LogP contribution in [0.1, 0.15) is 29.6 Å². The van der Waals surface area contributed by atoms with E-state index in [-0.39, 0.29) is 4.83 Å². The van der Waals surface area contributed by atoms with Crippen LogP contribution in [0, 0.1) is 19.3 Å². The summed E-state index contributed by atoms with van der Waals surface area (Å²) in [5.74, 6) is 3.72. The Labute approximate surface area is 110 Å². The number of terminal acetylenes is 1. The second-order valence-corrected chi connectivity index (χ2v) is 5.23.